The summed E-state index contributed by atoms with van der Waals surface area (Å²) in [7, 11) is 2.16. The van der Waals surface area contributed by atoms with E-state index < -0.39 is 0 Å². The van der Waals surface area contributed by atoms with Crippen LogP contribution in [0.4, 0.5) is 0 Å². The Morgan fingerprint density at radius 3 is 2.17 bits per heavy atom. The number of nitrogens with zero attached hydrogens (tertiary/aromatic N) is 2. The van der Waals surface area contributed by atoms with Crippen LogP contribution in [0, 0.1) is 16.7 Å². The van der Waals surface area contributed by atoms with Crippen LogP contribution in [0.25, 0.3) is 22.5 Å². The molecule has 5 rings (SSSR count). The van der Waals surface area contributed by atoms with Gasteiger partial charge in [0.15, 0.2) is 0 Å². The number of aromatic nitrogens is 2. The number of benzene rings is 2. The molecule has 3 heteroatoms. The van der Waals surface area contributed by atoms with E-state index in [0.717, 1.165) is 24.0 Å². The van der Waals surface area contributed by atoms with Crippen LogP contribution in [0.2, 0.25) is 0 Å². The second-order valence-corrected chi connectivity index (χ2v) is 10.1. The van der Waals surface area contributed by atoms with E-state index in [-0.39, 0.29) is 0 Å². The first-order valence-electron chi connectivity index (χ1n) is 11.3. The minimum Gasteiger partial charge on any atom is -0.330 e. The lowest BCUT2D eigenvalue weighted by molar-refractivity contribution is 0.120. The molecule has 2 aliphatic rings. The van der Waals surface area contributed by atoms with E-state index in [1.54, 1.807) is 0 Å². The number of rotatable bonds is 5. The molecule has 156 valence electrons. The lowest BCUT2D eigenvalue weighted by Gasteiger charge is -2.39. The number of imidazole rings is 1. The molecule has 0 saturated heterocycles. The lowest BCUT2D eigenvalue weighted by atomic mass is 9.69. The Labute approximate surface area is 180 Å². The zero-order valence-corrected chi connectivity index (χ0v) is 18.7. The highest BCUT2D eigenvalue weighted by Gasteiger charge is 2.61. The van der Waals surface area contributed by atoms with Gasteiger partial charge < -0.3 is 9.88 Å². The zero-order valence-electron chi connectivity index (χ0n) is 18.7. The molecule has 0 amide bonds. The molecule has 3 atom stereocenters. The van der Waals surface area contributed by atoms with Gasteiger partial charge in [-0.2, -0.15) is 0 Å². The van der Waals surface area contributed by atoms with E-state index in [1.807, 2.05) is 0 Å². The first-order chi connectivity index (χ1) is 14.4. The van der Waals surface area contributed by atoms with Crippen LogP contribution in [-0.4, -0.2) is 15.6 Å². The number of fused-ring (bicyclic) bond motifs is 2. The molecule has 0 aliphatic heterocycles. The summed E-state index contributed by atoms with van der Waals surface area (Å²) in [5, 5.41) is 3.93. The van der Waals surface area contributed by atoms with E-state index in [2.05, 4.69) is 98.4 Å². The average molecular weight is 400 g/mol. The van der Waals surface area contributed by atoms with Crippen molar-refractivity contribution in [2.24, 2.45) is 23.8 Å². The van der Waals surface area contributed by atoms with Gasteiger partial charge >= 0.3 is 0 Å². The number of hydrogen-bond donors (Lipinski definition) is 1. The third kappa shape index (κ3) is 2.86. The number of nitrogens with one attached hydrogen (secondary N) is 1. The molecule has 2 saturated carbocycles. The van der Waals surface area contributed by atoms with Crippen molar-refractivity contribution in [2.75, 3.05) is 0 Å². The van der Waals surface area contributed by atoms with Crippen LogP contribution in [0.1, 0.15) is 45.9 Å². The van der Waals surface area contributed by atoms with E-state index in [0.29, 0.717) is 16.9 Å². The molecule has 0 spiro atoms. The van der Waals surface area contributed by atoms with Crippen molar-refractivity contribution in [3.05, 3.63) is 66.5 Å². The predicted octanol–water partition coefficient (Wildman–Crippen LogP) is 6.06. The van der Waals surface area contributed by atoms with Crippen molar-refractivity contribution in [3.63, 3.8) is 0 Å². The van der Waals surface area contributed by atoms with Gasteiger partial charge in [0.05, 0.1) is 17.9 Å². The molecule has 3 nitrogen and oxygen atoms in total. The Hall–Kier alpha value is -2.39. The summed E-state index contributed by atoms with van der Waals surface area (Å²) in [5.41, 5.74) is 5.46. The molecule has 30 heavy (non-hydrogen) atoms. The fourth-order valence-corrected chi connectivity index (χ4v) is 6.15. The Kier molecular flexibility index (Phi) is 4.62. The molecular formula is C27H33N3. The highest BCUT2D eigenvalue weighted by molar-refractivity contribution is 5.79. The van der Waals surface area contributed by atoms with Gasteiger partial charge in [-0.1, -0.05) is 81.4 Å². The quantitative estimate of drug-likeness (QED) is 0.565. The van der Waals surface area contributed by atoms with Gasteiger partial charge in [-0.05, 0) is 36.0 Å². The summed E-state index contributed by atoms with van der Waals surface area (Å²) >= 11 is 0. The largest absolute Gasteiger partial charge is 0.330 e. The third-order valence-electron chi connectivity index (χ3n) is 8.58. The van der Waals surface area contributed by atoms with E-state index in [9.17, 15) is 0 Å². The highest BCUT2D eigenvalue weighted by atomic mass is 15.1. The molecule has 2 fully saturated rings. The summed E-state index contributed by atoms with van der Waals surface area (Å²) in [5.74, 6) is 1.96. The van der Waals surface area contributed by atoms with Gasteiger partial charge in [0.1, 0.15) is 5.82 Å². The normalized spacial score (nSPS) is 26.9. The van der Waals surface area contributed by atoms with Crippen LogP contribution in [0.3, 0.4) is 0 Å². The van der Waals surface area contributed by atoms with Crippen molar-refractivity contribution in [1.82, 2.24) is 14.9 Å². The highest BCUT2D eigenvalue weighted by Crippen LogP contribution is 2.65. The van der Waals surface area contributed by atoms with E-state index >= 15 is 0 Å². The van der Waals surface area contributed by atoms with Crippen molar-refractivity contribution in [2.45, 2.75) is 52.6 Å². The van der Waals surface area contributed by atoms with E-state index in [1.165, 1.54) is 36.1 Å². The van der Waals surface area contributed by atoms with E-state index in [4.69, 9.17) is 4.98 Å². The summed E-state index contributed by atoms with van der Waals surface area (Å²) in [6.07, 6.45) is 4.03. The van der Waals surface area contributed by atoms with Gasteiger partial charge in [0, 0.05) is 24.2 Å². The first-order valence-corrected chi connectivity index (χ1v) is 11.3. The minimum absolute atomic E-state index is 0.382. The Morgan fingerprint density at radius 2 is 1.60 bits per heavy atom. The van der Waals surface area contributed by atoms with Crippen LogP contribution < -0.4 is 5.32 Å². The van der Waals surface area contributed by atoms with Crippen molar-refractivity contribution < 1.29 is 0 Å². The molecule has 2 bridgehead atoms. The summed E-state index contributed by atoms with van der Waals surface area (Å²) < 4.78 is 2.28. The second-order valence-electron chi connectivity index (χ2n) is 10.1. The van der Waals surface area contributed by atoms with Gasteiger partial charge in [-0.25, -0.2) is 4.98 Å². The Balaban J connectivity index is 1.48. The molecule has 2 aliphatic carbocycles. The number of hydrogen-bond acceptors (Lipinski definition) is 2. The van der Waals surface area contributed by atoms with Crippen LogP contribution >= 0.6 is 0 Å². The SMILES string of the molecule is Cn1c(CN[C@@H]2C[C@H]3CC[C@]2(C)C3(C)C)nc(-c2ccccc2)c1-c1ccccc1. The van der Waals surface area contributed by atoms with Gasteiger partial charge in [-0.3, -0.25) is 0 Å². The molecule has 0 radical (unpaired) electrons. The van der Waals surface area contributed by atoms with Gasteiger partial charge in [0.2, 0.25) is 0 Å². The zero-order chi connectivity index (χ0) is 20.9. The average Bonchev–Trinajstić information content (AvgIpc) is 3.28. The molecular weight excluding hydrogens is 366 g/mol. The minimum atomic E-state index is 0.382. The maximum absolute atomic E-state index is 5.14. The molecule has 0 unspecified atom stereocenters. The van der Waals surface area contributed by atoms with Crippen molar-refractivity contribution >= 4 is 0 Å². The monoisotopic (exact) mass is 399 g/mol. The molecule has 1 heterocycles. The van der Waals surface area contributed by atoms with Gasteiger partial charge in [0.25, 0.3) is 0 Å². The fourth-order valence-electron chi connectivity index (χ4n) is 6.15. The van der Waals surface area contributed by atoms with Gasteiger partial charge in [-0.15, -0.1) is 0 Å². The Bertz CT molecular complexity index is 1030. The molecule has 1 aromatic heterocycles. The maximum Gasteiger partial charge on any atom is 0.123 e. The first kappa shape index (κ1) is 19.6. The Morgan fingerprint density at radius 1 is 0.967 bits per heavy atom. The lowest BCUT2D eigenvalue weighted by Crippen LogP contribution is -2.44. The predicted molar refractivity (Wildman–Crippen MR) is 124 cm³/mol. The fraction of sp³-hybridized carbons (Fsp3) is 0.444. The van der Waals surface area contributed by atoms with Crippen molar-refractivity contribution in [1.29, 1.82) is 0 Å². The second kappa shape index (κ2) is 7.09. The molecule has 3 aromatic rings. The maximum atomic E-state index is 5.14. The standard InChI is InChI=1S/C27H33N3/c1-26(2)21-15-16-27(26,3)22(17-21)28-18-23-29-24(19-11-7-5-8-12-19)25(30(23)4)20-13-9-6-10-14-20/h5-14,21-22,28H,15-18H2,1-4H3/t21-,22-,27+/m1/s1. The topological polar surface area (TPSA) is 29.9 Å². The van der Waals surface area contributed by atoms with Crippen LogP contribution in [0.5, 0.6) is 0 Å². The summed E-state index contributed by atoms with van der Waals surface area (Å²) in [6.45, 7) is 8.27. The summed E-state index contributed by atoms with van der Waals surface area (Å²) in [4.78, 5) is 5.14. The molecule has 2 aromatic carbocycles. The van der Waals surface area contributed by atoms with Crippen LogP contribution in [0.15, 0.2) is 60.7 Å². The van der Waals surface area contributed by atoms with Crippen molar-refractivity contribution in [3.8, 4) is 22.5 Å². The van der Waals surface area contributed by atoms with Crippen LogP contribution in [-0.2, 0) is 13.6 Å². The smallest absolute Gasteiger partial charge is 0.123 e. The summed E-state index contributed by atoms with van der Waals surface area (Å²) in [6, 6.07) is 21.8. The molecule has 1 N–H and O–H groups in total. The third-order valence-corrected chi connectivity index (χ3v) is 8.58.